The van der Waals surface area contributed by atoms with Crippen LogP contribution < -0.4 is 0 Å². The number of aliphatic hydroxyl groups is 2. The first-order valence-electron chi connectivity index (χ1n) is 4.23. The van der Waals surface area contributed by atoms with Crippen molar-refractivity contribution in [3.63, 3.8) is 0 Å². The number of carbonyl (C=O) groups is 2. The molecule has 0 aromatic carbocycles. The standard InChI is InChI=1S/C5H5.2C3H4O3.Yb/c1-2-4-5-3-1;2*1-2(4)3(5)6;/h1-3H,4H2;2*4H,1H2,(H,5,6);/q-1;;;. The third-order valence-corrected chi connectivity index (χ3v) is 1.08. The number of carboxylic acid groups (broad SMARTS) is 2. The molecule has 6 nitrogen and oxygen atoms in total. The van der Waals surface area contributed by atoms with E-state index in [4.69, 9.17) is 20.4 Å². The number of aliphatic hydroxyl groups excluding tert-OH is 2. The number of aliphatic carboxylic acids is 2. The summed E-state index contributed by atoms with van der Waals surface area (Å²) in [5.74, 6) is -4.41. The van der Waals surface area contributed by atoms with Gasteiger partial charge in [-0.15, -0.1) is 6.42 Å². The van der Waals surface area contributed by atoms with Gasteiger partial charge in [0.15, 0.2) is 11.5 Å². The Morgan fingerprint density at radius 2 is 1.33 bits per heavy atom. The van der Waals surface area contributed by atoms with Crippen molar-refractivity contribution >= 4 is 11.9 Å². The van der Waals surface area contributed by atoms with E-state index in [1.165, 1.54) is 0 Å². The second kappa shape index (κ2) is 14.1. The van der Waals surface area contributed by atoms with E-state index >= 15 is 0 Å². The molecule has 0 saturated carbocycles. The van der Waals surface area contributed by atoms with Crippen molar-refractivity contribution in [2.45, 2.75) is 6.42 Å². The van der Waals surface area contributed by atoms with Gasteiger partial charge in [0.05, 0.1) is 0 Å². The van der Waals surface area contributed by atoms with Crippen molar-refractivity contribution in [3.05, 3.63) is 49.0 Å². The van der Waals surface area contributed by atoms with Gasteiger partial charge >= 0.3 is 11.9 Å². The van der Waals surface area contributed by atoms with Crippen molar-refractivity contribution in [2.24, 2.45) is 0 Å². The van der Waals surface area contributed by atoms with Crippen LogP contribution >= 0.6 is 0 Å². The summed E-state index contributed by atoms with van der Waals surface area (Å²) in [6.45, 7) is 5.42. The van der Waals surface area contributed by atoms with Gasteiger partial charge < -0.3 is 20.4 Å². The van der Waals surface area contributed by atoms with Gasteiger partial charge in [0.1, 0.15) is 0 Å². The fraction of sp³-hybridized carbons (Fsp3) is 0.0909. The summed E-state index contributed by atoms with van der Waals surface area (Å²) < 4.78 is 0. The second-order valence-electron chi connectivity index (χ2n) is 2.51. The molecule has 0 amide bonds. The van der Waals surface area contributed by atoms with Gasteiger partial charge in [0, 0.05) is 46.9 Å². The van der Waals surface area contributed by atoms with E-state index < -0.39 is 23.5 Å². The van der Waals surface area contributed by atoms with Crippen LogP contribution in [0.4, 0.5) is 0 Å². The molecule has 0 aromatic rings. The molecule has 0 bridgehead atoms. The Hall–Kier alpha value is -0.981. The van der Waals surface area contributed by atoms with Crippen LogP contribution in [0.25, 0.3) is 0 Å². The van der Waals surface area contributed by atoms with E-state index in [9.17, 15) is 9.59 Å². The molecule has 0 aliphatic heterocycles. The van der Waals surface area contributed by atoms with Crippen molar-refractivity contribution in [2.75, 3.05) is 0 Å². The van der Waals surface area contributed by atoms with Crippen molar-refractivity contribution < 1.29 is 76.9 Å². The van der Waals surface area contributed by atoms with Gasteiger partial charge in [-0.3, -0.25) is 6.08 Å². The minimum Gasteiger partial charge on any atom is -0.502 e. The maximum absolute atomic E-state index is 9.35. The van der Waals surface area contributed by atoms with E-state index in [0.29, 0.717) is 0 Å². The largest absolute Gasteiger partial charge is 0.502 e. The molecule has 0 spiro atoms. The van der Waals surface area contributed by atoms with E-state index in [1.807, 2.05) is 12.2 Å². The minimum atomic E-state index is -1.38. The number of hydrogen-bond donors (Lipinski definition) is 4. The molecule has 0 atom stereocenters. The van der Waals surface area contributed by atoms with Crippen molar-refractivity contribution in [1.29, 1.82) is 0 Å². The zero-order valence-electron chi connectivity index (χ0n) is 9.23. The molecule has 0 aromatic heterocycles. The minimum absolute atomic E-state index is 0. The normalized spacial score (nSPS) is 9.78. The average molecular weight is 414 g/mol. The molecule has 0 radical (unpaired) electrons. The first-order valence-corrected chi connectivity index (χ1v) is 4.23. The predicted octanol–water partition coefficient (Wildman–Crippen LogP) is 1.59. The summed E-state index contributed by atoms with van der Waals surface area (Å²) >= 11 is 0. The Morgan fingerprint density at radius 1 is 1.00 bits per heavy atom. The summed E-state index contributed by atoms with van der Waals surface area (Å²) in [6, 6.07) is 0. The maximum atomic E-state index is 9.35. The summed E-state index contributed by atoms with van der Waals surface area (Å²) in [5, 5.41) is 31.0. The Kier molecular flexibility index (Phi) is 17.4. The fourth-order valence-corrected chi connectivity index (χ4v) is 0.340. The second-order valence-corrected chi connectivity index (χ2v) is 2.51. The van der Waals surface area contributed by atoms with Crippen LogP contribution in [-0.2, 0) is 9.59 Å². The Morgan fingerprint density at radius 3 is 1.39 bits per heavy atom. The smallest absolute Gasteiger partial charge is 0.370 e. The predicted molar refractivity (Wildman–Crippen MR) is 60.4 cm³/mol. The number of rotatable bonds is 2. The van der Waals surface area contributed by atoms with E-state index in [-0.39, 0.29) is 46.9 Å². The van der Waals surface area contributed by atoms with Crippen LogP contribution in [0.1, 0.15) is 6.42 Å². The molecule has 0 unspecified atom stereocenters. The fourth-order valence-electron chi connectivity index (χ4n) is 0.340. The third kappa shape index (κ3) is 20.4. The summed E-state index contributed by atoms with van der Waals surface area (Å²) in [6.07, 6.45) is 10.0. The molecule has 1 aliphatic carbocycles. The quantitative estimate of drug-likeness (QED) is 0.310. The van der Waals surface area contributed by atoms with E-state index in [0.717, 1.165) is 6.42 Å². The summed E-state index contributed by atoms with van der Waals surface area (Å²) in [7, 11) is 0. The van der Waals surface area contributed by atoms with Crippen molar-refractivity contribution in [3.8, 4) is 0 Å². The number of allylic oxidation sites excluding steroid dienone is 4. The topological polar surface area (TPSA) is 115 Å². The molecule has 0 heterocycles. The number of carboxylic acids is 2. The van der Waals surface area contributed by atoms with E-state index in [1.54, 1.807) is 0 Å². The monoisotopic (exact) mass is 415 g/mol. The van der Waals surface area contributed by atoms with Crippen LogP contribution in [0.3, 0.4) is 0 Å². The van der Waals surface area contributed by atoms with Crippen LogP contribution in [0.2, 0.25) is 0 Å². The molecular weight excluding hydrogens is 401 g/mol. The van der Waals surface area contributed by atoms with Crippen LogP contribution in [0, 0.1) is 53.0 Å². The Bertz CT molecular complexity index is 299. The van der Waals surface area contributed by atoms with Gasteiger partial charge in [-0.05, 0) is 13.2 Å². The summed E-state index contributed by atoms with van der Waals surface area (Å²) in [5.41, 5.74) is 0. The molecule has 7 heteroatoms. The molecule has 0 fully saturated rings. The average Bonchev–Trinajstić information content (AvgIpc) is 2.75. The summed E-state index contributed by atoms with van der Waals surface area (Å²) in [4.78, 5) is 18.7. The third-order valence-electron chi connectivity index (χ3n) is 1.08. The molecule has 0 saturated heterocycles. The van der Waals surface area contributed by atoms with Crippen LogP contribution in [-0.4, -0.2) is 32.4 Å². The Labute approximate surface area is 143 Å². The van der Waals surface area contributed by atoms with E-state index in [2.05, 4.69) is 25.3 Å². The van der Waals surface area contributed by atoms with Crippen LogP contribution in [0.15, 0.2) is 42.9 Å². The Balaban J connectivity index is -0.000000183. The number of hydrogen-bond acceptors (Lipinski definition) is 4. The first-order chi connectivity index (χ1) is 7.79. The van der Waals surface area contributed by atoms with Crippen molar-refractivity contribution in [1.82, 2.24) is 0 Å². The SMILES string of the molecule is C=C(O)C(=O)O.C=C(O)C(=O)O.[C-]1=CC=CC1.[Yb]. The molecule has 1 aliphatic rings. The first kappa shape index (κ1) is 22.2. The molecule has 108 valence electrons. The zero-order valence-corrected chi connectivity index (χ0v) is 10.9. The molecule has 1 rings (SSSR count). The van der Waals surface area contributed by atoms with Gasteiger partial charge in [0.25, 0.3) is 0 Å². The van der Waals surface area contributed by atoms with Gasteiger partial charge in [-0.1, -0.05) is 0 Å². The maximum Gasteiger partial charge on any atom is 0.370 e. The molecular formula is C11H13O6Yb-. The molecule has 18 heavy (non-hydrogen) atoms. The van der Waals surface area contributed by atoms with Gasteiger partial charge in [-0.25, -0.2) is 21.7 Å². The van der Waals surface area contributed by atoms with Gasteiger partial charge in [-0.2, -0.15) is 6.08 Å². The van der Waals surface area contributed by atoms with Gasteiger partial charge in [0.2, 0.25) is 0 Å². The zero-order chi connectivity index (χ0) is 13.8. The molecule has 4 N–H and O–H groups in total. The van der Waals surface area contributed by atoms with Crippen LogP contribution in [0.5, 0.6) is 0 Å².